The lowest BCUT2D eigenvalue weighted by Crippen LogP contribution is -2.44. The number of aryl methyl sites for hydroxylation is 3. The second kappa shape index (κ2) is 7.02. The maximum atomic E-state index is 13.4. The highest BCUT2D eigenvalue weighted by atomic mass is 16.5. The van der Waals surface area contributed by atoms with Crippen LogP contribution in [0.15, 0.2) is 34.9 Å². The number of likely N-dealkylation sites (tertiary alicyclic amines) is 1. The molecule has 0 saturated carbocycles. The molecule has 1 spiro atoms. The molecule has 4 atom stereocenters. The summed E-state index contributed by atoms with van der Waals surface area (Å²) >= 11 is 0. The van der Waals surface area contributed by atoms with Gasteiger partial charge in [-0.1, -0.05) is 35.5 Å². The molecule has 162 valence electrons. The molecule has 2 unspecified atom stereocenters. The van der Waals surface area contributed by atoms with Crippen molar-refractivity contribution in [1.82, 2.24) is 19.9 Å². The fourth-order valence-electron chi connectivity index (χ4n) is 5.06. The third-order valence-electron chi connectivity index (χ3n) is 6.73. The Morgan fingerprint density at radius 3 is 2.81 bits per heavy atom. The molecule has 5 rings (SSSR count). The fourth-order valence-corrected chi connectivity index (χ4v) is 5.06. The van der Waals surface area contributed by atoms with E-state index >= 15 is 0 Å². The molecule has 2 aromatic rings. The smallest absolute Gasteiger partial charge is 0.246 e. The topological polar surface area (TPSA) is 88.8 Å². The van der Waals surface area contributed by atoms with E-state index in [2.05, 4.69) is 42.2 Å². The third-order valence-corrected chi connectivity index (χ3v) is 6.73. The molecular formula is C23H26N4O4. The molecule has 31 heavy (non-hydrogen) atoms. The van der Waals surface area contributed by atoms with Crippen LogP contribution in [0.1, 0.15) is 28.4 Å². The minimum absolute atomic E-state index is 0.0227. The van der Waals surface area contributed by atoms with Crippen molar-refractivity contribution in [1.29, 1.82) is 0 Å². The number of hydrogen-bond donors (Lipinski definition) is 0. The van der Waals surface area contributed by atoms with Crippen LogP contribution in [-0.2, 0) is 27.4 Å². The normalized spacial score (nSPS) is 28.5. The van der Waals surface area contributed by atoms with Gasteiger partial charge in [-0.2, -0.15) is 4.98 Å². The number of nitrogens with zero attached hydrogens (tertiary/aromatic N) is 4. The molecule has 2 amide bonds. The number of aromatic nitrogens is 2. The SMILES string of the molecule is Cc1noc(CN(C)C(=O)C2C3C(=O)N(Cc4ccc(C)c(C)c4)C[C@]34C=C[C@H]2O4)n1. The maximum absolute atomic E-state index is 13.4. The van der Waals surface area contributed by atoms with Gasteiger partial charge in [0.05, 0.1) is 31.0 Å². The van der Waals surface area contributed by atoms with Crippen molar-refractivity contribution in [3.63, 3.8) is 0 Å². The Morgan fingerprint density at radius 2 is 2.10 bits per heavy atom. The second-order valence-electron chi connectivity index (χ2n) is 8.94. The molecule has 8 nitrogen and oxygen atoms in total. The third kappa shape index (κ3) is 3.17. The summed E-state index contributed by atoms with van der Waals surface area (Å²) in [5.74, 6) is -0.320. The maximum Gasteiger partial charge on any atom is 0.246 e. The zero-order valence-electron chi connectivity index (χ0n) is 18.2. The number of carbonyl (C=O) groups is 2. The monoisotopic (exact) mass is 422 g/mol. The van der Waals surface area contributed by atoms with Gasteiger partial charge in [-0.05, 0) is 37.5 Å². The molecule has 0 N–H and O–H groups in total. The molecule has 2 bridgehead atoms. The Hall–Kier alpha value is -3.00. The Balaban J connectivity index is 1.35. The molecule has 2 fully saturated rings. The molecule has 3 aliphatic heterocycles. The number of rotatable bonds is 5. The number of ether oxygens (including phenoxy) is 1. The highest BCUT2D eigenvalue weighted by molar-refractivity contribution is 5.93. The first-order valence-corrected chi connectivity index (χ1v) is 10.5. The molecule has 8 heteroatoms. The zero-order chi connectivity index (χ0) is 21.9. The zero-order valence-corrected chi connectivity index (χ0v) is 18.2. The Morgan fingerprint density at radius 1 is 1.29 bits per heavy atom. The highest BCUT2D eigenvalue weighted by Crippen LogP contribution is 2.52. The number of carbonyl (C=O) groups excluding carboxylic acids is 2. The fraction of sp³-hybridized carbons (Fsp3) is 0.478. The van der Waals surface area contributed by atoms with Crippen LogP contribution in [0.3, 0.4) is 0 Å². The van der Waals surface area contributed by atoms with Crippen LogP contribution in [-0.4, -0.2) is 57.1 Å². The van der Waals surface area contributed by atoms with Crippen LogP contribution < -0.4 is 0 Å². The van der Waals surface area contributed by atoms with Crippen LogP contribution in [0, 0.1) is 32.6 Å². The van der Waals surface area contributed by atoms with Crippen LogP contribution >= 0.6 is 0 Å². The van der Waals surface area contributed by atoms with Gasteiger partial charge in [0.25, 0.3) is 0 Å². The van der Waals surface area contributed by atoms with E-state index in [0.29, 0.717) is 24.8 Å². The van der Waals surface area contributed by atoms with Crippen LogP contribution in [0.5, 0.6) is 0 Å². The summed E-state index contributed by atoms with van der Waals surface area (Å²) in [5.41, 5.74) is 2.79. The van der Waals surface area contributed by atoms with Crippen molar-refractivity contribution in [3.8, 4) is 0 Å². The summed E-state index contributed by atoms with van der Waals surface area (Å²) in [4.78, 5) is 34.3. The van der Waals surface area contributed by atoms with E-state index in [1.54, 1.807) is 18.9 Å². The van der Waals surface area contributed by atoms with Gasteiger partial charge in [-0.15, -0.1) is 0 Å². The van der Waals surface area contributed by atoms with Crippen molar-refractivity contribution in [3.05, 3.63) is 58.8 Å². The van der Waals surface area contributed by atoms with Gasteiger partial charge in [0.1, 0.15) is 5.60 Å². The van der Waals surface area contributed by atoms with E-state index in [4.69, 9.17) is 9.26 Å². The van der Waals surface area contributed by atoms with Crippen molar-refractivity contribution < 1.29 is 18.8 Å². The number of benzene rings is 1. The quantitative estimate of drug-likeness (QED) is 0.684. The van der Waals surface area contributed by atoms with Gasteiger partial charge in [0, 0.05) is 13.6 Å². The van der Waals surface area contributed by atoms with Crippen LogP contribution in [0.2, 0.25) is 0 Å². The first kappa shape index (κ1) is 19.9. The number of hydrogen-bond acceptors (Lipinski definition) is 6. The summed E-state index contributed by atoms with van der Waals surface area (Å²) in [6.07, 6.45) is 3.53. The van der Waals surface area contributed by atoms with E-state index in [1.165, 1.54) is 11.1 Å². The molecule has 0 aliphatic carbocycles. The molecule has 4 heterocycles. The summed E-state index contributed by atoms with van der Waals surface area (Å²) in [5, 5.41) is 3.77. The second-order valence-corrected chi connectivity index (χ2v) is 8.94. The largest absolute Gasteiger partial charge is 0.360 e. The average Bonchev–Trinajstić information content (AvgIpc) is 3.46. The molecule has 1 aromatic heterocycles. The Bertz CT molecular complexity index is 1090. The van der Waals surface area contributed by atoms with E-state index in [-0.39, 0.29) is 24.5 Å². The standard InChI is InChI=1S/C23H26N4O4/c1-13-5-6-16(9-14(13)2)10-27-12-23-8-7-17(30-23)19(20(23)22(27)29)21(28)26(4)11-18-24-15(3)25-31-18/h5-9,17,19-20H,10-12H2,1-4H3/t17-,19?,20?,23-/m1/s1. The summed E-state index contributed by atoms with van der Waals surface area (Å²) in [6.45, 7) is 7.05. The lowest BCUT2D eigenvalue weighted by molar-refractivity contribution is -0.143. The van der Waals surface area contributed by atoms with E-state index < -0.39 is 17.4 Å². The summed E-state index contributed by atoms with van der Waals surface area (Å²) < 4.78 is 11.4. The lowest BCUT2D eigenvalue weighted by Gasteiger charge is -2.27. The highest BCUT2D eigenvalue weighted by Gasteiger charge is 2.67. The van der Waals surface area contributed by atoms with Gasteiger partial charge in [0.15, 0.2) is 5.82 Å². The molecular weight excluding hydrogens is 396 g/mol. The van der Waals surface area contributed by atoms with Crippen LogP contribution in [0.25, 0.3) is 0 Å². The molecule has 0 radical (unpaired) electrons. The minimum atomic E-state index is -0.719. The van der Waals surface area contributed by atoms with Crippen molar-refractivity contribution in [2.75, 3.05) is 13.6 Å². The Labute approximate surface area is 180 Å². The van der Waals surface area contributed by atoms with Gasteiger partial charge in [-0.3, -0.25) is 9.59 Å². The van der Waals surface area contributed by atoms with Gasteiger partial charge in [-0.25, -0.2) is 0 Å². The average molecular weight is 422 g/mol. The van der Waals surface area contributed by atoms with Crippen molar-refractivity contribution in [2.24, 2.45) is 11.8 Å². The predicted octanol–water partition coefficient (Wildman–Crippen LogP) is 1.94. The molecule has 2 saturated heterocycles. The van der Waals surface area contributed by atoms with E-state index in [1.807, 2.05) is 17.1 Å². The van der Waals surface area contributed by atoms with Crippen molar-refractivity contribution in [2.45, 2.75) is 45.6 Å². The summed E-state index contributed by atoms with van der Waals surface area (Å²) in [7, 11) is 1.69. The van der Waals surface area contributed by atoms with Crippen molar-refractivity contribution >= 4 is 11.8 Å². The first-order valence-electron chi connectivity index (χ1n) is 10.5. The number of amides is 2. The number of fused-ring (bicyclic) bond motifs is 1. The molecule has 1 aromatic carbocycles. The van der Waals surface area contributed by atoms with E-state index in [0.717, 1.165) is 5.56 Å². The van der Waals surface area contributed by atoms with Gasteiger partial charge < -0.3 is 19.1 Å². The first-order chi connectivity index (χ1) is 14.8. The van der Waals surface area contributed by atoms with E-state index in [9.17, 15) is 9.59 Å². The minimum Gasteiger partial charge on any atom is -0.360 e. The summed E-state index contributed by atoms with van der Waals surface area (Å²) in [6, 6.07) is 6.25. The lowest BCUT2D eigenvalue weighted by atomic mass is 9.76. The van der Waals surface area contributed by atoms with Crippen LogP contribution in [0.4, 0.5) is 0 Å². The van der Waals surface area contributed by atoms with Gasteiger partial charge >= 0.3 is 0 Å². The molecule has 3 aliphatic rings. The Kier molecular flexibility index (Phi) is 4.51. The predicted molar refractivity (Wildman–Crippen MR) is 111 cm³/mol. The van der Waals surface area contributed by atoms with Gasteiger partial charge in [0.2, 0.25) is 17.7 Å².